The molecule has 0 radical (unpaired) electrons. The van der Waals surface area contributed by atoms with E-state index in [-0.39, 0.29) is 11.3 Å². The lowest BCUT2D eigenvalue weighted by atomic mass is 9.93. The van der Waals surface area contributed by atoms with Crippen molar-refractivity contribution in [3.8, 4) is 5.88 Å². The van der Waals surface area contributed by atoms with E-state index in [1.807, 2.05) is 6.07 Å². The van der Waals surface area contributed by atoms with Gasteiger partial charge in [-0.3, -0.25) is 5.41 Å². The number of aromatic nitrogens is 1. The van der Waals surface area contributed by atoms with Gasteiger partial charge in [-0.25, -0.2) is 4.98 Å². The van der Waals surface area contributed by atoms with E-state index in [1.165, 1.54) is 5.56 Å². The number of rotatable bonds is 4. The van der Waals surface area contributed by atoms with E-state index >= 15 is 0 Å². The molecule has 4 nitrogen and oxygen atoms in total. The van der Waals surface area contributed by atoms with Crippen LogP contribution in [0.15, 0.2) is 6.07 Å². The monoisotopic (exact) mass is 261 g/mol. The third kappa shape index (κ3) is 3.46. The van der Waals surface area contributed by atoms with Crippen molar-refractivity contribution >= 4 is 5.84 Å². The molecule has 0 bridgehead atoms. The van der Waals surface area contributed by atoms with E-state index in [4.69, 9.17) is 15.9 Å². The lowest BCUT2D eigenvalue weighted by Gasteiger charge is -2.19. The van der Waals surface area contributed by atoms with Gasteiger partial charge >= 0.3 is 0 Å². The molecule has 1 heterocycles. The number of nitrogen functional groups attached to an aromatic ring is 1. The Kier molecular flexibility index (Phi) is 3.78. The zero-order valence-corrected chi connectivity index (χ0v) is 12.0. The Morgan fingerprint density at radius 1 is 1.42 bits per heavy atom. The third-order valence-corrected chi connectivity index (χ3v) is 3.40. The first-order valence-corrected chi connectivity index (χ1v) is 6.87. The van der Waals surface area contributed by atoms with Crippen molar-refractivity contribution < 1.29 is 4.74 Å². The average molecular weight is 261 g/mol. The molecule has 1 aromatic heterocycles. The first kappa shape index (κ1) is 13.8. The first-order chi connectivity index (χ1) is 8.87. The predicted molar refractivity (Wildman–Crippen MR) is 76.8 cm³/mol. The van der Waals surface area contributed by atoms with E-state index in [0.717, 1.165) is 31.4 Å². The van der Waals surface area contributed by atoms with Crippen LogP contribution in [0.1, 0.15) is 50.4 Å². The van der Waals surface area contributed by atoms with Crippen molar-refractivity contribution in [2.45, 2.75) is 46.5 Å². The Morgan fingerprint density at radius 3 is 2.79 bits per heavy atom. The van der Waals surface area contributed by atoms with Crippen LogP contribution in [0.5, 0.6) is 5.88 Å². The fourth-order valence-corrected chi connectivity index (χ4v) is 2.21. The highest BCUT2D eigenvalue weighted by atomic mass is 16.5. The van der Waals surface area contributed by atoms with Gasteiger partial charge in [-0.1, -0.05) is 20.8 Å². The lowest BCUT2D eigenvalue weighted by Crippen LogP contribution is -2.17. The minimum absolute atomic E-state index is 0.0351. The molecule has 0 saturated carbocycles. The van der Waals surface area contributed by atoms with Crippen LogP contribution in [0, 0.1) is 10.8 Å². The maximum absolute atomic E-state index is 7.66. The highest BCUT2D eigenvalue weighted by Crippen LogP contribution is 2.27. The number of fused-ring (bicyclic) bond motifs is 1. The summed E-state index contributed by atoms with van der Waals surface area (Å²) in [6, 6.07) is 1.98. The van der Waals surface area contributed by atoms with Gasteiger partial charge in [0.05, 0.1) is 12.2 Å². The van der Waals surface area contributed by atoms with Gasteiger partial charge in [0.1, 0.15) is 5.84 Å². The molecule has 4 heteroatoms. The van der Waals surface area contributed by atoms with Gasteiger partial charge in [-0.05, 0) is 42.7 Å². The molecule has 0 atom stereocenters. The summed E-state index contributed by atoms with van der Waals surface area (Å²) < 4.78 is 5.77. The van der Waals surface area contributed by atoms with Crippen molar-refractivity contribution in [1.82, 2.24) is 4.98 Å². The molecule has 0 unspecified atom stereocenters. The van der Waals surface area contributed by atoms with Crippen molar-refractivity contribution in [3.05, 3.63) is 22.9 Å². The molecule has 1 aliphatic carbocycles. The number of hydrogen-bond acceptors (Lipinski definition) is 3. The number of aryl methyl sites for hydroxylation is 2. The summed E-state index contributed by atoms with van der Waals surface area (Å²) in [4.78, 5) is 4.55. The normalized spacial score (nSPS) is 14.3. The minimum atomic E-state index is 0.0351. The van der Waals surface area contributed by atoms with E-state index in [1.54, 1.807) is 0 Å². The highest BCUT2D eigenvalue weighted by Gasteiger charge is 2.19. The minimum Gasteiger partial charge on any atom is -0.477 e. The summed E-state index contributed by atoms with van der Waals surface area (Å²) in [6.07, 6.45) is 4.11. The molecule has 0 saturated heterocycles. The van der Waals surface area contributed by atoms with Crippen molar-refractivity contribution in [1.29, 1.82) is 5.41 Å². The quantitative estimate of drug-likeness (QED) is 0.646. The zero-order chi connectivity index (χ0) is 14.0. The largest absolute Gasteiger partial charge is 0.477 e. The second-order valence-electron chi connectivity index (χ2n) is 6.37. The molecule has 3 N–H and O–H groups in total. The van der Waals surface area contributed by atoms with Gasteiger partial charge in [0.25, 0.3) is 0 Å². The molecule has 0 spiro atoms. The van der Waals surface area contributed by atoms with Crippen LogP contribution in [0.4, 0.5) is 0 Å². The number of nitrogens with zero attached hydrogens (tertiary/aromatic N) is 1. The van der Waals surface area contributed by atoms with Crippen molar-refractivity contribution in [3.63, 3.8) is 0 Å². The van der Waals surface area contributed by atoms with Gasteiger partial charge in [-0.2, -0.15) is 0 Å². The summed E-state index contributed by atoms with van der Waals surface area (Å²) in [5, 5.41) is 7.66. The number of hydrogen-bond donors (Lipinski definition) is 2. The van der Waals surface area contributed by atoms with Crippen LogP contribution in [0.25, 0.3) is 0 Å². The number of nitrogens with two attached hydrogens (primary N) is 1. The topological polar surface area (TPSA) is 72.0 Å². The van der Waals surface area contributed by atoms with E-state index < -0.39 is 0 Å². The summed E-state index contributed by atoms with van der Waals surface area (Å²) >= 11 is 0. The fourth-order valence-electron chi connectivity index (χ4n) is 2.21. The van der Waals surface area contributed by atoms with Crippen LogP contribution < -0.4 is 10.5 Å². The summed E-state index contributed by atoms with van der Waals surface area (Å²) in [6.45, 7) is 7.14. The Bertz CT molecular complexity index is 489. The molecular weight excluding hydrogens is 238 g/mol. The van der Waals surface area contributed by atoms with Crippen molar-refractivity contribution in [2.24, 2.45) is 11.1 Å². The van der Waals surface area contributed by atoms with Crippen molar-refractivity contribution in [2.75, 3.05) is 6.61 Å². The predicted octanol–water partition coefficient (Wildman–Crippen LogP) is 2.67. The molecule has 2 rings (SSSR count). The zero-order valence-electron chi connectivity index (χ0n) is 12.0. The molecule has 0 amide bonds. The highest BCUT2D eigenvalue weighted by molar-refractivity contribution is 5.97. The Morgan fingerprint density at radius 2 is 2.16 bits per heavy atom. The van der Waals surface area contributed by atoms with E-state index in [2.05, 4.69) is 25.8 Å². The Hall–Kier alpha value is -1.58. The third-order valence-electron chi connectivity index (χ3n) is 3.40. The summed E-state index contributed by atoms with van der Waals surface area (Å²) in [5.41, 5.74) is 8.82. The molecule has 0 fully saturated rings. The van der Waals surface area contributed by atoms with Gasteiger partial charge in [-0.15, -0.1) is 0 Å². The lowest BCUT2D eigenvalue weighted by molar-refractivity contribution is 0.235. The number of nitrogens with one attached hydrogen (secondary N) is 1. The molecular formula is C15H23N3O. The van der Waals surface area contributed by atoms with Crippen LogP contribution in [0.3, 0.4) is 0 Å². The van der Waals surface area contributed by atoms with Gasteiger partial charge in [0.2, 0.25) is 5.88 Å². The fraction of sp³-hybridized carbons (Fsp3) is 0.600. The molecule has 1 aliphatic rings. The number of pyridine rings is 1. The van der Waals surface area contributed by atoms with Crippen LogP contribution in [-0.4, -0.2) is 17.4 Å². The second-order valence-corrected chi connectivity index (χ2v) is 6.37. The molecule has 1 aromatic rings. The Balaban J connectivity index is 2.16. The summed E-state index contributed by atoms with van der Waals surface area (Å²) in [5.74, 6) is 0.561. The maximum Gasteiger partial charge on any atom is 0.224 e. The van der Waals surface area contributed by atoms with E-state index in [0.29, 0.717) is 18.1 Å². The second kappa shape index (κ2) is 5.19. The smallest absolute Gasteiger partial charge is 0.224 e. The SMILES string of the molecule is CC(C)(C)CCOc1nc2c(cc1C(=N)N)CCC2. The van der Waals surface area contributed by atoms with Crippen LogP contribution >= 0.6 is 0 Å². The average Bonchev–Trinajstić information content (AvgIpc) is 2.72. The standard InChI is InChI=1S/C15H23N3O/c1-15(2,3)7-8-19-14-11(13(16)17)9-10-5-4-6-12(10)18-14/h9H,4-8H2,1-3H3,(H3,16,17). The summed E-state index contributed by atoms with van der Waals surface area (Å²) in [7, 11) is 0. The van der Waals surface area contributed by atoms with Gasteiger partial charge < -0.3 is 10.5 Å². The van der Waals surface area contributed by atoms with Gasteiger partial charge in [0.15, 0.2) is 0 Å². The number of amidine groups is 1. The molecule has 104 valence electrons. The number of ether oxygens (including phenoxy) is 1. The molecule has 0 aromatic carbocycles. The first-order valence-electron chi connectivity index (χ1n) is 6.87. The van der Waals surface area contributed by atoms with E-state index in [9.17, 15) is 0 Å². The van der Waals surface area contributed by atoms with Crippen LogP contribution in [-0.2, 0) is 12.8 Å². The van der Waals surface area contributed by atoms with Crippen LogP contribution in [0.2, 0.25) is 0 Å². The Labute approximate surface area is 114 Å². The molecule has 0 aliphatic heterocycles. The molecule has 19 heavy (non-hydrogen) atoms. The maximum atomic E-state index is 7.66. The van der Waals surface area contributed by atoms with Gasteiger partial charge in [0, 0.05) is 5.69 Å².